The van der Waals surface area contributed by atoms with Crippen molar-refractivity contribution in [2.45, 2.75) is 51.2 Å². The highest BCUT2D eigenvalue weighted by Gasteiger charge is 2.38. The van der Waals surface area contributed by atoms with Gasteiger partial charge in [-0.25, -0.2) is 4.79 Å². The van der Waals surface area contributed by atoms with Crippen LogP contribution in [0.15, 0.2) is 24.5 Å². The zero-order valence-corrected chi connectivity index (χ0v) is 16.6. The van der Waals surface area contributed by atoms with Gasteiger partial charge in [0.1, 0.15) is 5.60 Å². The number of rotatable bonds is 3. The molecule has 0 radical (unpaired) electrons. The fourth-order valence-corrected chi connectivity index (χ4v) is 3.79. The van der Waals surface area contributed by atoms with E-state index in [1.54, 1.807) is 4.90 Å². The highest BCUT2D eigenvalue weighted by molar-refractivity contribution is 5.78. The van der Waals surface area contributed by atoms with Gasteiger partial charge in [-0.2, -0.15) is 0 Å². The fraction of sp³-hybridized carbons (Fsp3) is 0.700. The Hall–Kier alpha value is -2.02. The molecule has 0 saturated carbocycles. The van der Waals surface area contributed by atoms with Gasteiger partial charge in [-0.05, 0) is 45.7 Å². The van der Waals surface area contributed by atoms with E-state index in [-0.39, 0.29) is 17.5 Å². The van der Waals surface area contributed by atoms with Crippen molar-refractivity contribution >= 4 is 12.0 Å². The van der Waals surface area contributed by atoms with Crippen LogP contribution in [0.5, 0.6) is 0 Å². The molecule has 0 spiro atoms. The molecule has 2 fully saturated rings. The lowest BCUT2D eigenvalue weighted by molar-refractivity contribution is -0.136. The van der Waals surface area contributed by atoms with Crippen molar-refractivity contribution in [3.05, 3.63) is 24.5 Å². The molecule has 7 nitrogen and oxygen atoms in total. The Morgan fingerprint density at radius 1 is 1.00 bits per heavy atom. The largest absolute Gasteiger partial charge is 0.444 e. The Bertz CT molecular complexity index is 637. The molecule has 1 aromatic rings. The van der Waals surface area contributed by atoms with Gasteiger partial charge in [-0.1, -0.05) is 0 Å². The van der Waals surface area contributed by atoms with Gasteiger partial charge in [0.05, 0.1) is 12.0 Å². The van der Waals surface area contributed by atoms with Gasteiger partial charge in [0.25, 0.3) is 0 Å². The molecule has 0 aliphatic carbocycles. The highest BCUT2D eigenvalue weighted by Crippen LogP contribution is 2.33. The SMILES string of the molecule is CC(C)(C)OC(=O)N1CCN(C(=O)CC2(n3cccc3)CCOCC2)CC1. The summed E-state index contributed by atoms with van der Waals surface area (Å²) in [5, 5.41) is 0. The lowest BCUT2D eigenvalue weighted by Crippen LogP contribution is -2.53. The van der Waals surface area contributed by atoms with Gasteiger partial charge in [0.15, 0.2) is 0 Å². The maximum atomic E-state index is 13.0. The van der Waals surface area contributed by atoms with Gasteiger partial charge in [0, 0.05) is 51.8 Å². The Morgan fingerprint density at radius 2 is 1.56 bits per heavy atom. The predicted molar refractivity (Wildman–Crippen MR) is 101 cm³/mol. The molecule has 3 rings (SSSR count). The van der Waals surface area contributed by atoms with Gasteiger partial charge < -0.3 is 23.8 Å². The summed E-state index contributed by atoms with van der Waals surface area (Å²) in [7, 11) is 0. The summed E-state index contributed by atoms with van der Waals surface area (Å²) in [6, 6.07) is 4.00. The summed E-state index contributed by atoms with van der Waals surface area (Å²) >= 11 is 0. The van der Waals surface area contributed by atoms with Crippen LogP contribution in [0.3, 0.4) is 0 Å². The molecule has 3 heterocycles. The van der Waals surface area contributed by atoms with E-state index in [0.717, 1.165) is 12.8 Å². The van der Waals surface area contributed by atoms with E-state index in [1.165, 1.54) is 0 Å². The average molecular weight is 377 g/mol. The Balaban J connectivity index is 1.58. The van der Waals surface area contributed by atoms with Crippen molar-refractivity contribution in [2.75, 3.05) is 39.4 Å². The van der Waals surface area contributed by atoms with Crippen LogP contribution >= 0.6 is 0 Å². The molecule has 27 heavy (non-hydrogen) atoms. The quantitative estimate of drug-likeness (QED) is 0.812. The first-order chi connectivity index (χ1) is 12.8. The van der Waals surface area contributed by atoms with Gasteiger partial charge in [-0.15, -0.1) is 0 Å². The molecule has 2 saturated heterocycles. The first-order valence-electron chi connectivity index (χ1n) is 9.76. The van der Waals surface area contributed by atoms with E-state index in [2.05, 4.69) is 4.57 Å². The second-order valence-corrected chi connectivity index (χ2v) is 8.45. The molecular weight excluding hydrogens is 346 g/mol. The van der Waals surface area contributed by atoms with Crippen molar-refractivity contribution in [1.29, 1.82) is 0 Å². The minimum absolute atomic E-state index is 0.148. The average Bonchev–Trinajstić information content (AvgIpc) is 3.16. The molecule has 0 bridgehead atoms. The lowest BCUT2D eigenvalue weighted by Gasteiger charge is -2.41. The van der Waals surface area contributed by atoms with Crippen molar-refractivity contribution < 1.29 is 19.1 Å². The van der Waals surface area contributed by atoms with Crippen LogP contribution in [0.2, 0.25) is 0 Å². The number of amides is 2. The van der Waals surface area contributed by atoms with E-state index >= 15 is 0 Å². The number of nitrogens with zero attached hydrogens (tertiary/aromatic N) is 3. The molecule has 7 heteroatoms. The van der Waals surface area contributed by atoms with E-state index in [1.807, 2.05) is 50.2 Å². The normalized spacial score (nSPS) is 20.4. The number of carbonyl (C=O) groups excluding carboxylic acids is 2. The Labute approximate surface area is 161 Å². The first kappa shape index (κ1) is 19.7. The second-order valence-electron chi connectivity index (χ2n) is 8.45. The molecule has 0 unspecified atom stereocenters. The molecule has 2 aliphatic rings. The summed E-state index contributed by atoms with van der Waals surface area (Å²) in [5.74, 6) is 0.148. The zero-order valence-electron chi connectivity index (χ0n) is 16.6. The van der Waals surface area contributed by atoms with Crippen LogP contribution in [0.25, 0.3) is 0 Å². The number of aromatic nitrogens is 1. The van der Waals surface area contributed by atoms with E-state index in [9.17, 15) is 9.59 Å². The number of hydrogen-bond donors (Lipinski definition) is 0. The molecule has 0 N–H and O–H groups in total. The summed E-state index contributed by atoms with van der Waals surface area (Å²) in [5.41, 5.74) is -0.711. The summed E-state index contributed by atoms with van der Waals surface area (Å²) < 4.78 is 13.1. The summed E-state index contributed by atoms with van der Waals surface area (Å²) in [6.45, 7) is 9.07. The minimum atomic E-state index is -0.504. The number of ether oxygens (including phenoxy) is 2. The standard InChI is InChI=1S/C20H31N3O4/c1-19(2,3)27-18(25)22-12-10-21(11-13-22)17(24)16-20(6-14-26-15-7-20)23-8-4-5-9-23/h4-5,8-9H,6-7,10-16H2,1-3H3. The van der Waals surface area contributed by atoms with Crippen LogP contribution in [0.1, 0.15) is 40.0 Å². The smallest absolute Gasteiger partial charge is 0.410 e. The van der Waals surface area contributed by atoms with E-state index in [0.29, 0.717) is 45.8 Å². The van der Waals surface area contributed by atoms with Crippen LogP contribution in [0, 0.1) is 0 Å². The maximum absolute atomic E-state index is 13.0. The van der Waals surface area contributed by atoms with E-state index < -0.39 is 5.60 Å². The van der Waals surface area contributed by atoms with Crippen molar-refractivity contribution in [3.63, 3.8) is 0 Å². The van der Waals surface area contributed by atoms with Crippen LogP contribution in [0.4, 0.5) is 4.79 Å². The summed E-state index contributed by atoms with van der Waals surface area (Å²) in [6.07, 6.45) is 5.93. The van der Waals surface area contributed by atoms with Gasteiger partial charge in [0.2, 0.25) is 5.91 Å². The third-order valence-electron chi connectivity index (χ3n) is 5.34. The molecular formula is C20H31N3O4. The lowest BCUT2D eigenvalue weighted by atomic mass is 9.85. The second kappa shape index (κ2) is 7.92. The van der Waals surface area contributed by atoms with Crippen molar-refractivity contribution in [1.82, 2.24) is 14.4 Å². The van der Waals surface area contributed by atoms with Crippen molar-refractivity contribution in [3.8, 4) is 0 Å². The molecule has 0 aromatic carbocycles. The van der Waals surface area contributed by atoms with Crippen LogP contribution < -0.4 is 0 Å². The minimum Gasteiger partial charge on any atom is -0.444 e. The van der Waals surface area contributed by atoms with Crippen LogP contribution in [-0.4, -0.2) is 71.4 Å². The zero-order chi connectivity index (χ0) is 19.5. The third kappa shape index (κ3) is 4.83. The maximum Gasteiger partial charge on any atom is 0.410 e. The first-order valence-corrected chi connectivity index (χ1v) is 9.76. The predicted octanol–water partition coefficient (Wildman–Crippen LogP) is 2.46. The monoisotopic (exact) mass is 377 g/mol. The molecule has 2 aliphatic heterocycles. The Kier molecular flexibility index (Phi) is 5.79. The molecule has 150 valence electrons. The number of piperazine rings is 1. The number of hydrogen-bond acceptors (Lipinski definition) is 4. The Morgan fingerprint density at radius 3 is 2.11 bits per heavy atom. The molecule has 1 aromatic heterocycles. The van der Waals surface area contributed by atoms with E-state index in [4.69, 9.17) is 9.47 Å². The molecule has 2 amide bonds. The summed E-state index contributed by atoms with van der Waals surface area (Å²) in [4.78, 5) is 28.8. The van der Waals surface area contributed by atoms with Gasteiger partial charge >= 0.3 is 6.09 Å². The van der Waals surface area contributed by atoms with Crippen molar-refractivity contribution in [2.24, 2.45) is 0 Å². The molecule has 0 atom stereocenters. The van der Waals surface area contributed by atoms with Crippen LogP contribution in [-0.2, 0) is 19.8 Å². The van der Waals surface area contributed by atoms with Gasteiger partial charge in [-0.3, -0.25) is 4.79 Å². The topological polar surface area (TPSA) is 64.0 Å². The number of carbonyl (C=O) groups is 2. The highest BCUT2D eigenvalue weighted by atomic mass is 16.6. The third-order valence-corrected chi connectivity index (χ3v) is 5.34. The fourth-order valence-electron chi connectivity index (χ4n) is 3.79.